The van der Waals surface area contributed by atoms with Crippen LogP contribution in [0.2, 0.25) is 0 Å². The Labute approximate surface area is 169 Å². The van der Waals surface area contributed by atoms with Crippen LogP contribution >= 0.6 is 11.8 Å². The van der Waals surface area contributed by atoms with Crippen molar-refractivity contribution in [1.82, 2.24) is 4.98 Å². The highest BCUT2D eigenvalue weighted by Crippen LogP contribution is 2.31. The van der Waals surface area contributed by atoms with E-state index in [1.807, 2.05) is 38.2 Å². The molecule has 0 aliphatic carbocycles. The number of anilines is 1. The van der Waals surface area contributed by atoms with Crippen LogP contribution in [0.3, 0.4) is 0 Å². The zero-order valence-corrected chi connectivity index (χ0v) is 17.4. The zero-order chi connectivity index (χ0) is 20.7. The van der Waals surface area contributed by atoms with Crippen LogP contribution < -0.4 is 5.32 Å². The summed E-state index contributed by atoms with van der Waals surface area (Å²) in [5.41, 5.74) is 5.41. The zero-order valence-electron chi connectivity index (χ0n) is 16.6. The molecule has 0 radical (unpaired) electrons. The van der Waals surface area contributed by atoms with Crippen LogP contribution in [-0.2, 0) is 9.59 Å². The van der Waals surface area contributed by atoms with E-state index in [1.54, 1.807) is 0 Å². The summed E-state index contributed by atoms with van der Waals surface area (Å²) in [5, 5.41) is 12.0. The fourth-order valence-electron chi connectivity index (χ4n) is 2.69. The summed E-state index contributed by atoms with van der Waals surface area (Å²) in [7, 11) is 0. The highest BCUT2D eigenvalue weighted by molar-refractivity contribution is 8.07. The molecule has 1 aliphatic rings. The molecular formula is C22H26N2O3S. The molecule has 6 heteroatoms. The topological polar surface area (TPSA) is 82.2 Å². The van der Waals surface area contributed by atoms with Crippen molar-refractivity contribution in [1.29, 1.82) is 0 Å². The van der Waals surface area contributed by atoms with E-state index in [1.165, 1.54) is 29.6 Å². The van der Waals surface area contributed by atoms with Crippen LogP contribution in [-0.4, -0.2) is 33.0 Å². The average molecular weight is 399 g/mol. The molecule has 1 aromatic heterocycles. The first-order valence-electron chi connectivity index (χ1n) is 9.25. The molecule has 5 nitrogen and oxygen atoms in total. The predicted octanol–water partition coefficient (Wildman–Crippen LogP) is 5.31. The molecule has 0 saturated carbocycles. The number of amides is 1. The maximum absolute atomic E-state index is 11.2. The summed E-state index contributed by atoms with van der Waals surface area (Å²) in [6.07, 6.45) is 2.02. The monoisotopic (exact) mass is 398 g/mol. The number of rotatable bonds is 3. The van der Waals surface area contributed by atoms with E-state index in [2.05, 4.69) is 41.5 Å². The molecule has 2 heterocycles. The van der Waals surface area contributed by atoms with Crippen LogP contribution in [0.4, 0.5) is 5.69 Å². The molecule has 1 unspecified atom stereocenters. The number of H-pyrrole nitrogens is 1. The Bertz CT molecular complexity index is 961. The normalized spacial score (nSPS) is 14.2. The van der Waals surface area contributed by atoms with Crippen molar-refractivity contribution < 1.29 is 14.7 Å². The SMILES string of the molecule is CC.CC(=O)Nc1cccc(-c2cccc3c(C)c[nH]c23)c1.O=C(O)C1CS1. The molecule has 28 heavy (non-hydrogen) atoms. The minimum absolute atomic E-state index is 0.0592. The van der Waals surface area contributed by atoms with Gasteiger partial charge in [0.15, 0.2) is 0 Å². The maximum atomic E-state index is 11.2. The largest absolute Gasteiger partial charge is 0.480 e. The number of aliphatic carboxylic acids is 1. The van der Waals surface area contributed by atoms with E-state index in [9.17, 15) is 9.59 Å². The highest BCUT2D eigenvalue weighted by atomic mass is 32.2. The van der Waals surface area contributed by atoms with Gasteiger partial charge in [-0.3, -0.25) is 9.59 Å². The Kier molecular flexibility index (Phi) is 7.70. The van der Waals surface area contributed by atoms with Crippen molar-refractivity contribution >= 4 is 40.2 Å². The number of carboxylic acids is 1. The van der Waals surface area contributed by atoms with Gasteiger partial charge in [0.25, 0.3) is 0 Å². The number of aryl methyl sites for hydroxylation is 1. The number of carbonyl (C=O) groups is 2. The first kappa shape index (κ1) is 21.6. The number of carboxylic acid groups (broad SMARTS) is 1. The van der Waals surface area contributed by atoms with Crippen molar-refractivity contribution in [2.24, 2.45) is 0 Å². The Morgan fingerprint density at radius 1 is 1.18 bits per heavy atom. The van der Waals surface area contributed by atoms with Crippen LogP contribution in [0.1, 0.15) is 26.3 Å². The molecule has 0 bridgehead atoms. The van der Waals surface area contributed by atoms with E-state index in [0.29, 0.717) is 0 Å². The summed E-state index contributed by atoms with van der Waals surface area (Å²) < 4.78 is 0. The number of carbonyl (C=O) groups excluding carboxylic acids is 1. The lowest BCUT2D eigenvalue weighted by molar-refractivity contribution is -0.135. The predicted molar refractivity (Wildman–Crippen MR) is 118 cm³/mol. The van der Waals surface area contributed by atoms with Crippen molar-refractivity contribution in [2.75, 3.05) is 11.1 Å². The number of aromatic amines is 1. The third kappa shape index (κ3) is 5.63. The summed E-state index contributed by atoms with van der Waals surface area (Å²) in [6, 6.07) is 14.2. The number of para-hydroxylation sites is 1. The van der Waals surface area contributed by atoms with E-state index < -0.39 is 5.97 Å². The third-order valence-electron chi connectivity index (χ3n) is 4.03. The number of fused-ring (bicyclic) bond motifs is 1. The van der Waals surface area contributed by atoms with Gasteiger partial charge in [0.05, 0.1) is 5.52 Å². The molecule has 1 aliphatic heterocycles. The molecule has 3 aromatic rings. The van der Waals surface area contributed by atoms with Crippen LogP contribution in [0.25, 0.3) is 22.0 Å². The first-order chi connectivity index (χ1) is 13.5. The van der Waals surface area contributed by atoms with Crippen LogP contribution in [0, 0.1) is 6.92 Å². The molecule has 1 fully saturated rings. The van der Waals surface area contributed by atoms with Crippen molar-refractivity contribution in [3.05, 3.63) is 54.2 Å². The molecule has 1 atom stereocenters. The Morgan fingerprint density at radius 2 is 1.86 bits per heavy atom. The fourth-order valence-corrected chi connectivity index (χ4v) is 3.07. The maximum Gasteiger partial charge on any atom is 0.317 e. The van der Waals surface area contributed by atoms with Gasteiger partial charge in [-0.2, -0.15) is 0 Å². The number of thioether (sulfide) groups is 1. The van der Waals surface area contributed by atoms with E-state index >= 15 is 0 Å². The smallest absolute Gasteiger partial charge is 0.317 e. The minimum Gasteiger partial charge on any atom is -0.480 e. The third-order valence-corrected chi connectivity index (χ3v) is 4.89. The summed E-state index contributed by atoms with van der Waals surface area (Å²) in [5.74, 6) is 0.0890. The van der Waals surface area contributed by atoms with Crippen LogP contribution in [0.5, 0.6) is 0 Å². The Morgan fingerprint density at radius 3 is 2.43 bits per heavy atom. The van der Waals surface area contributed by atoms with Gasteiger partial charge in [-0.15, -0.1) is 11.8 Å². The van der Waals surface area contributed by atoms with Gasteiger partial charge >= 0.3 is 5.97 Å². The number of aromatic nitrogens is 1. The van der Waals surface area contributed by atoms with Gasteiger partial charge in [-0.25, -0.2) is 0 Å². The molecule has 148 valence electrons. The standard InChI is InChI=1S/C17H16N2O.C3H4O2S.C2H6/c1-11-10-18-17-15(11)7-4-8-16(17)13-5-3-6-14(9-13)19-12(2)20;4-3(5)2-1-6-2;1-2/h3-10,18H,1-2H3,(H,19,20);2H,1H2,(H,4,5);1-2H3. The van der Waals surface area contributed by atoms with Crippen molar-refractivity contribution in [3.8, 4) is 11.1 Å². The molecule has 2 aromatic carbocycles. The molecule has 3 N–H and O–H groups in total. The average Bonchev–Trinajstić information content (AvgIpc) is 3.47. The van der Waals surface area contributed by atoms with Gasteiger partial charge in [0, 0.05) is 35.5 Å². The van der Waals surface area contributed by atoms with E-state index in [-0.39, 0.29) is 11.2 Å². The lowest BCUT2D eigenvalue weighted by Gasteiger charge is -2.07. The van der Waals surface area contributed by atoms with Gasteiger partial charge < -0.3 is 15.4 Å². The van der Waals surface area contributed by atoms with Gasteiger partial charge in [-0.1, -0.05) is 44.2 Å². The van der Waals surface area contributed by atoms with E-state index in [4.69, 9.17) is 5.11 Å². The number of hydrogen-bond donors (Lipinski definition) is 3. The second kappa shape index (κ2) is 9.99. The van der Waals surface area contributed by atoms with Crippen molar-refractivity contribution in [2.45, 2.75) is 32.9 Å². The summed E-state index contributed by atoms with van der Waals surface area (Å²) in [6.45, 7) is 7.61. The van der Waals surface area contributed by atoms with Crippen LogP contribution in [0.15, 0.2) is 48.7 Å². The van der Waals surface area contributed by atoms with Crippen molar-refractivity contribution in [3.63, 3.8) is 0 Å². The first-order valence-corrected chi connectivity index (χ1v) is 10.3. The molecule has 0 spiro atoms. The molecule has 1 saturated heterocycles. The number of benzene rings is 2. The van der Waals surface area contributed by atoms with Gasteiger partial charge in [-0.05, 0) is 30.2 Å². The summed E-state index contributed by atoms with van der Waals surface area (Å²) in [4.78, 5) is 24.2. The highest BCUT2D eigenvalue weighted by Gasteiger charge is 2.29. The number of nitrogens with one attached hydrogen (secondary N) is 2. The minimum atomic E-state index is -0.667. The molecular weight excluding hydrogens is 372 g/mol. The Hall–Kier alpha value is -2.73. The second-order valence-corrected chi connectivity index (χ2v) is 7.36. The van der Waals surface area contributed by atoms with Gasteiger partial charge in [0.2, 0.25) is 5.91 Å². The summed E-state index contributed by atoms with van der Waals surface area (Å²) >= 11 is 1.48. The van der Waals surface area contributed by atoms with Gasteiger partial charge in [0.1, 0.15) is 5.25 Å². The molecule has 4 rings (SSSR count). The lowest BCUT2D eigenvalue weighted by Crippen LogP contribution is -2.05. The second-order valence-electron chi connectivity index (χ2n) is 6.12. The number of hydrogen-bond acceptors (Lipinski definition) is 3. The quantitative estimate of drug-likeness (QED) is 0.522. The fraction of sp³-hybridized carbons (Fsp3) is 0.273. The molecule has 1 amide bonds. The Balaban J connectivity index is 0.000000296. The van der Waals surface area contributed by atoms with E-state index in [0.717, 1.165) is 28.1 Å². The lowest BCUT2D eigenvalue weighted by atomic mass is 10.0.